The zero-order valence-electron chi connectivity index (χ0n) is 10.4. The van der Waals surface area contributed by atoms with E-state index in [-0.39, 0.29) is 11.7 Å². The lowest BCUT2D eigenvalue weighted by molar-refractivity contribution is 0.102. The molecule has 0 fully saturated rings. The Morgan fingerprint density at radius 2 is 2.00 bits per heavy atom. The van der Waals surface area contributed by atoms with Crippen LogP contribution in [0.3, 0.4) is 0 Å². The molecule has 0 unspecified atom stereocenters. The summed E-state index contributed by atoms with van der Waals surface area (Å²) in [6.45, 7) is 0. The molecule has 0 bridgehead atoms. The van der Waals surface area contributed by atoms with Crippen molar-refractivity contribution in [2.75, 3.05) is 5.32 Å². The fourth-order valence-corrected chi connectivity index (χ4v) is 1.84. The predicted molar refractivity (Wildman–Crippen MR) is 73.9 cm³/mol. The number of halogens is 1. The smallest absolute Gasteiger partial charge is 0.258 e. The second-order valence-electron chi connectivity index (χ2n) is 4.23. The van der Waals surface area contributed by atoms with Crippen LogP contribution in [0.2, 0.25) is 0 Å². The minimum absolute atomic E-state index is 0.303. The number of fused-ring (bicyclic) bond motifs is 1. The van der Waals surface area contributed by atoms with Crippen LogP contribution in [-0.2, 0) is 0 Å². The van der Waals surface area contributed by atoms with Crippen molar-refractivity contribution in [2.45, 2.75) is 0 Å². The molecule has 0 aliphatic carbocycles. The van der Waals surface area contributed by atoms with E-state index in [1.165, 1.54) is 18.3 Å². The quantitative estimate of drug-likeness (QED) is 0.776. The Morgan fingerprint density at radius 3 is 2.80 bits per heavy atom. The van der Waals surface area contributed by atoms with E-state index in [9.17, 15) is 9.18 Å². The standard InChI is InChI=1S/C15H10FN3O/c16-12-5-4-10-7-11(9-18-13(10)8-12)15(20)19-14-3-1-2-6-17-14/h1-9H,(H,17,19,20). The normalized spacial score (nSPS) is 10.4. The van der Waals surface area contributed by atoms with E-state index in [0.717, 1.165) is 0 Å². The molecule has 0 radical (unpaired) electrons. The highest BCUT2D eigenvalue weighted by molar-refractivity contribution is 6.05. The van der Waals surface area contributed by atoms with E-state index in [1.807, 2.05) is 0 Å². The molecule has 98 valence electrons. The summed E-state index contributed by atoms with van der Waals surface area (Å²) in [5.41, 5.74) is 0.911. The monoisotopic (exact) mass is 267 g/mol. The highest BCUT2D eigenvalue weighted by Gasteiger charge is 2.08. The van der Waals surface area contributed by atoms with Crippen LogP contribution in [0.1, 0.15) is 10.4 Å². The van der Waals surface area contributed by atoms with Gasteiger partial charge in [-0.3, -0.25) is 9.78 Å². The molecule has 2 aromatic heterocycles. The Morgan fingerprint density at radius 1 is 1.10 bits per heavy atom. The first kappa shape index (κ1) is 12.2. The molecule has 1 aromatic carbocycles. The van der Waals surface area contributed by atoms with Gasteiger partial charge in [0.1, 0.15) is 11.6 Å². The van der Waals surface area contributed by atoms with Crippen LogP contribution in [0.5, 0.6) is 0 Å². The minimum atomic E-state index is -0.351. The molecule has 0 aliphatic rings. The van der Waals surface area contributed by atoms with E-state index in [1.54, 1.807) is 36.5 Å². The number of hydrogen-bond acceptors (Lipinski definition) is 3. The maximum Gasteiger partial charge on any atom is 0.258 e. The molecular weight excluding hydrogens is 257 g/mol. The Kier molecular flexibility index (Phi) is 3.09. The number of rotatable bonds is 2. The van der Waals surface area contributed by atoms with Gasteiger partial charge in [0.2, 0.25) is 0 Å². The number of nitrogens with one attached hydrogen (secondary N) is 1. The minimum Gasteiger partial charge on any atom is -0.307 e. The molecule has 0 saturated carbocycles. The number of nitrogens with zero attached hydrogens (tertiary/aromatic N) is 2. The van der Waals surface area contributed by atoms with E-state index in [4.69, 9.17) is 0 Å². The average molecular weight is 267 g/mol. The van der Waals surface area contributed by atoms with Crippen molar-refractivity contribution in [3.8, 4) is 0 Å². The zero-order chi connectivity index (χ0) is 13.9. The third kappa shape index (κ3) is 2.47. The Labute approximate surface area is 114 Å². The Bertz CT molecular complexity index is 774. The molecule has 3 rings (SSSR count). The molecule has 5 heteroatoms. The Hall–Kier alpha value is -2.82. The third-order valence-electron chi connectivity index (χ3n) is 2.81. The predicted octanol–water partition coefficient (Wildman–Crippen LogP) is 3.02. The van der Waals surface area contributed by atoms with Crippen LogP contribution in [0.4, 0.5) is 10.2 Å². The van der Waals surface area contributed by atoms with Gasteiger partial charge in [0.25, 0.3) is 5.91 Å². The lowest BCUT2D eigenvalue weighted by atomic mass is 10.1. The van der Waals surface area contributed by atoms with Crippen LogP contribution in [0.15, 0.2) is 54.9 Å². The Balaban J connectivity index is 1.90. The number of carbonyl (C=O) groups excluding carboxylic acids is 1. The number of benzene rings is 1. The van der Waals surface area contributed by atoms with Crippen LogP contribution in [0.25, 0.3) is 10.9 Å². The fraction of sp³-hybridized carbons (Fsp3) is 0. The topological polar surface area (TPSA) is 54.9 Å². The molecule has 1 N–H and O–H groups in total. The summed E-state index contributed by atoms with van der Waals surface area (Å²) >= 11 is 0. The number of pyridine rings is 2. The van der Waals surface area contributed by atoms with Crippen LogP contribution in [-0.4, -0.2) is 15.9 Å². The highest BCUT2D eigenvalue weighted by atomic mass is 19.1. The van der Waals surface area contributed by atoms with E-state index in [0.29, 0.717) is 22.3 Å². The second-order valence-corrected chi connectivity index (χ2v) is 4.23. The van der Waals surface area contributed by atoms with Crippen LogP contribution in [0, 0.1) is 5.82 Å². The van der Waals surface area contributed by atoms with Gasteiger partial charge in [0.15, 0.2) is 0 Å². The molecule has 20 heavy (non-hydrogen) atoms. The molecule has 1 amide bonds. The van der Waals surface area contributed by atoms with Gasteiger partial charge in [0.05, 0.1) is 11.1 Å². The van der Waals surface area contributed by atoms with Gasteiger partial charge in [-0.2, -0.15) is 0 Å². The maximum atomic E-state index is 13.1. The summed E-state index contributed by atoms with van der Waals surface area (Å²) in [5.74, 6) is -0.185. The second kappa shape index (κ2) is 5.05. The average Bonchev–Trinajstić information content (AvgIpc) is 2.47. The van der Waals surface area contributed by atoms with Gasteiger partial charge in [0, 0.05) is 23.8 Å². The van der Waals surface area contributed by atoms with Crippen molar-refractivity contribution in [1.82, 2.24) is 9.97 Å². The number of anilines is 1. The maximum absolute atomic E-state index is 13.1. The molecule has 3 aromatic rings. The van der Waals surface area contributed by atoms with Crippen molar-refractivity contribution >= 4 is 22.6 Å². The first-order valence-corrected chi connectivity index (χ1v) is 6.00. The summed E-state index contributed by atoms with van der Waals surface area (Å²) in [4.78, 5) is 20.2. The van der Waals surface area contributed by atoms with E-state index >= 15 is 0 Å². The number of hydrogen-bond donors (Lipinski definition) is 1. The SMILES string of the molecule is O=C(Nc1ccccn1)c1cnc2cc(F)ccc2c1. The van der Waals surface area contributed by atoms with Gasteiger partial charge >= 0.3 is 0 Å². The van der Waals surface area contributed by atoms with E-state index < -0.39 is 0 Å². The lowest BCUT2D eigenvalue weighted by Gasteiger charge is -2.05. The summed E-state index contributed by atoms with van der Waals surface area (Å²) in [6.07, 6.45) is 3.01. The number of amides is 1. The van der Waals surface area contributed by atoms with Crippen molar-refractivity contribution < 1.29 is 9.18 Å². The van der Waals surface area contributed by atoms with Crippen molar-refractivity contribution in [2.24, 2.45) is 0 Å². The molecule has 0 spiro atoms. The van der Waals surface area contributed by atoms with Gasteiger partial charge in [-0.1, -0.05) is 6.07 Å². The molecule has 4 nitrogen and oxygen atoms in total. The zero-order valence-corrected chi connectivity index (χ0v) is 10.4. The van der Waals surface area contributed by atoms with Crippen LogP contribution < -0.4 is 5.32 Å². The fourth-order valence-electron chi connectivity index (χ4n) is 1.84. The van der Waals surface area contributed by atoms with Crippen molar-refractivity contribution in [1.29, 1.82) is 0 Å². The molecule has 0 atom stereocenters. The molecular formula is C15H10FN3O. The van der Waals surface area contributed by atoms with Crippen LogP contribution >= 0.6 is 0 Å². The lowest BCUT2D eigenvalue weighted by Crippen LogP contribution is -2.13. The van der Waals surface area contributed by atoms with Crippen molar-refractivity contribution in [3.05, 3.63) is 66.2 Å². The number of carbonyl (C=O) groups is 1. The van der Waals surface area contributed by atoms with E-state index in [2.05, 4.69) is 15.3 Å². The van der Waals surface area contributed by atoms with Crippen molar-refractivity contribution in [3.63, 3.8) is 0 Å². The molecule has 2 heterocycles. The molecule has 0 saturated heterocycles. The van der Waals surface area contributed by atoms with Gasteiger partial charge in [-0.15, -0.1) is 0 Å². The van der Waals surface area contributed by atoms with Gasteiger partial charge in [-0.25, -0.2) is 9.37 Å². The first-order valence-electron chi connectivity index (χ1n) is 6.00. The van der Waals surface area contributed by atoms with Gasteiger partial charge in [-0.05, 0) is 30.3 Å². The third-order valence-corrected chi connectivity index (χ3v) is 2.81. The summed E-state index contributed by atoms with van der Waals surface area (Å²) in [5, 5.41) is 3.38. The largest absolute Gasteiger partial charge is 0.307 e. The summed E-state index contributed by atoms with van der Waals surface area (Å²) in [7, 11) is 0. The summed E-state index contributed by atoms with van der Waals surface area (Å²) in [6, 6.07) is 11.2. The number of aromatic nitrogens is 2. The first-order chi connectivity index (χ1) is 9.72. The molecule has 0 aliphatic heterocycles. The van der Waals surface area contributed by atoms with Gasteiger partial charge < -0.3 is 5.32 Å². The summed E-state index contributed by atoms with van der Waals surface area (Å²) < 4.78 is 13.1. The highest BCUT2D eigenvalue weighted by Crippen LogP contribution is 2.15.